The first kappa shape index (κ1) is 11.1. The Balaban J connectivity index is 2.17. The molecule has 1 heterocycles. The summed E-state index contributed by atoms with van der Waals surface area (Å²) >= 11 is 0. The number of carbonyl (C=O) groups excluding carboxylic acids is 1. The van der Waals surface area contributed by atoms with Crippen molar-refractivity contribution in [1.82, 2.24) is 9.55 Å². The Morgan fingerprint density at radius 3 is 3.00 bits per heavy atom. The molecule has 17 heavy (non-hydrogen) atoms. The molecule has 1 amide bonds. The van der Waals surface area contributed by atoms with Crippen molar-refractivity contribution >= 4 is 5.91 Å². The third kappa shape index (κ3) is 2.60. The first-order chi connectivity index (χ1) is 8.19. The molecule has 1 aromatic heterocycles. The molecule has 0 spiro atoms. The largest absolute Gasteiger partial charge is 0.336 e. The second kappa shape index (κ2) is 4.65. The fourth-order valence-corrected chi connectivity index (χ4v) is 1.45. The zero-order valence-corrected chi connectivity index (χ0v) is 8.71. The van der Waals surface area contributed by atoms with Crippen LogP contribution in [-0.4, -0.2) is 15.5 Å². The van der Waals surface area contributed by atoms with Crippen molar-refractivity contribution in [3.05, 3.63) is 58.8 Å². The predicted molar refractivity (Wildman–Crippen MR) is 57.9 cm³/mol. The van der Waals surface area contributed by atoms with Crippen LogP contribution < -0.4 is 0 Å². The molecule has 2 aromatic rings. The van der Waals surface area contributed by atoms with Crippen LogP contribution in [0.1, 0.15) is 16.1 Å². The molecule has 1 aromatic carbocycles. The summed E-state index contributed by atoms with van der Waals surface area (Å²) in [7, 11) is 0. The molecule has 2 rings (SSSR count). The maximum Gasteiger partial charge on any atom is 0.336 e. The fraction of sp³-hybridized carbons (Fsp3) is 0.0909. The highest BCUT2D eigenvalue weighted by molar-refractivity contribution is 5.92. The normalized spacial score (nSPS) is 10.2. The second-order valence-corrected chi connectivity index (χ2v) is 3.46. The summed E-state index contributed by atoms with van der Waals surface area (Å²) in [6.07, 6.45) is 2.79. The van der Waals surface area contributed by atoms with Gasteiger partial charge < -0.3 is 4.57 Å². The molecule has 0 saturated heterocycles. The lowest BCUT2D eigenvalue weighted by atomic mass is 10.2. The Kier molecular flexibility index (Phi) is 3.04. The highest BCUT2D eigenvalue weighted by atomic mass is 19.1. The molecule has 0 N–H and O–H groups in total. The number of nitrogens with zero attached hydrogens (tertiary/aromatic N) is 3. The summed E-state index contributed by atoms with van der Waals surface area (Å²) in [5.74, 6) is -1.24. The van der Waals surface area contributed by atoms with Gasteiger partial charge in [-0.05, 0) is 17.7 Å². The standard InChI is InChI=1S/C11H8FN3O2/c12-9-3-1-2-8(4-9)5-15-6-10(13-7-15)11(16)14-17/h1-4,6-7H,5H2. The topological polar surface area (TPSA) is 64.3 Å². The Bertz CT molecular complexity index is 565. The van der Waals surface area contributed by atoms with Gasteiger partial charge in [0.05, 0.1) is 6.33 Å². The van der Waals surface area contributed by atoms with E-state index in [-0.39, 0.29) is 11.5 Å². The number of hydrogen-bond donors (Lipinski definition) is 0. The van der Waals surface area contributed by atoms with Gasteiger partial charge >= 0.3 is 5.91 Å². The average Bonchev–Trinajstić information content (AvgIpc) is 2.76. The van der Waals surface area contributed by atoms with Gasteiger partial charge in [0.2, 0.25) is 0 Å². The van der Waals surface area contributed by atoms with Gasteiger partial charge in [0.15, 0.2) is 5.69 Å². The minimum Gasteiger partial charge on any atom is -0.332 e. The highest BCUT2D eigenvalue weighted by Gasteiger charge is 2.09. The van der Waals surface area contributed by atoms with Crippen molar-refractivity contribution in [3.8, 4) is 0 Å². The van der Waals surface area contributed by atoms with E-state index in [4.69, 9.17) is 0 Å². The summed E-state index contributed by atoms with van der Waals surface area (Å²) in [4.78, 5) is 24.7. The third-order valence-corrected chi connectivity index (χ3v) is 2.19. The van der Waals surface area contributed by atoms with E-state index in [0.29, 0.717) is 6.54 Å². The molecule has 0 unspecified atom stereocenters. The van der Waals surface area contributed by atoms with Gasteiger partial charge in [0, 0.05) is 17.9 Å². The molecule has 0 aliphatic heterocycles. The van der Waals surface area contributed by atoms with Crippen LogP contribution in [0.2, 0.25) is 0 Å². The van der Waals surface area contributed by atoms with Gasteiger partial charge in [-0.2, -0.15) is 0 Å². The number of carbonyl (C=O) groups is 1. The predicted octanol–water partition coefficient (Wildman–Crippen LogP) is 1.98. The SMILES string of the molecule is O=NC(=O)c1cn(Cc2cccc(F)c2)cn1. The van der Waals surface area contributed by atoms with Gasteiger partial charge in [-0.25, -0.2) is 9.37 Å². The summed E-state index contributed by atoms with van der Waals surface area (Å²) in [5, 5.41) is 2.27. The van der Waals surface area contributed by atoms with E-state index in [0.717, 1.165) is 5.56 Å². The van der Waals surface area contributed by atoms with Crippen LogP contribution in [0.15, 0.2) is 42.0 Å². The Morgan fingerprint density at radius 2 is 2.29 bits per heavy atom. The van der Waals surface area contributed by atoms with Crippen LogP contribution >= 0.6 is 0 Å². The molecule has 0 aliphatic rings. The first-order valence-corrected chi connectivity index (χ1v) is 4.83. The Morgan fingerprint density at radius 1 is 1.47 bits per heavy atom. The molecular weight excluding hydrogens is 225 g/mol. The van der Waals surface area contributed by atoms with Crippen molar-refractivity contribution in [2.45, 2.75) is 6.54 Å². The van der Waals surface area contributed by atoms with Gasteiger partial charge in [0.25, 0.3) is 0 Å². The van der Waals surface area contributed by atoms with Crippen LogP contribution in [-0.2, 0) is 6.54 Å². The second-order valence-electron chi connectivity index (χ2n) is 3.46. The van der Waals surface area contributed by atoms with Gasteiger partial charge in [-0.15, -0.1) is 4.91 Å². The van der Waals surface area contributed by atoms with Crippen LogP contribution in [0.5, 0.6) is 0 Å². The number of benzene rings is 1. The van der Waals surface area contributed by atoms with E-state index < -0.39 is 5.91 Å². The van der Waals surface area contributed by atoms with Crippen molar-refractivity contribution in [2.75, 3.05) is 0 Å². The van der Waals surface area contributed by atoms with E-state index in [9.17, 15) is 14.1 Å². The number of amides is 1. The highest BCUT2D eigenvalue weighted by Crippen LogP contribution is 2.07. The molecule has 6 heteroatoms. The number of aromatic nitrogens is 2. The van der Waals surface area contributed by atoms with E-state index in [2.05, 4.69) is 10.2 Å². The summed E-state index contributed by atoms with van der Waals surface area (Å²) in [6, 6.07) is 6.09. The van der Waals surface area contributed by atoms with Crippen LogP contribution in [0.3, 0.4) is 0 Å². The maximum atomic E-state index is 12.9. The monoisotopic (exact) mass is 233 g/mol. The molecule has 0 aliphatic carbocycles. The lowest BCUT2D eigenvalue weighted by Gasteiger charge is -2.01. The van der Waals surface area contributed by atoms with Crippen LogP contribution in [0.4, 0.5) is 4.39 Å². The zero-order chi connectivity index (χ0) is 12.3. The van der Waals surface area contributed by atoms with Crippen molar-refractivity contribution < 1.29 is 9.18 Å². The minimum absolute atomic E-state index is 0.0172. The lowest BCUT2D eigenvalue weighted by Crippen LogP contribution is -1.97. The Hall–Kier alpha value is -2.37. The third-order valence-electron chi connectivity index (χ3n) is 2.19. The van der Waals surface area contributed by atoms with Crippen molar-refractivity contribution in [3.63, 3.8) is 0 Å². The molecule has 0 saturated carbocycles. The van der Waals surface area contributed by atoms with Gasteiger partial charge in [-0.3, -0.25) is 4.79 Å². The molecule has 0 bridgehead atoms. The average molecular weight is 233 g/mol. The number of nitroso groups, excluding NO2 is 1. The zero-order valence-electron chi connectivity index (χ0n) is 8.71. The molecular formula is C11H8FN3O2. The number of halogens is 1. The van der Waals surface area contributed by atoms with Crippen molar-refractivity contribution in [1.29, 1.82) is 0 Å². The summed E-state index contributed by atoms with van der Waals surface area (Å²) in [5.41, 5.74) is 0.719. The van der Waals surface area contributed by atoms with E-state index in [1.165, 1.54) is 24.7 Å². The van der Waals surface area contributed by atoms with Crippen LogP contribution in [0.25, 0.3) is 0 Å². The Labute approximate surface area is 95.9 Å². The molecule has 0 fully saturated rings. The first-order valence-electron chi connectivity index (χ1n) is 4.83. The maximum absolute atomic E-state index is 12.9. The minimum atomic E-state index is -0.914. The molecule has 0 atom stereocenters. The lowest BCUT2D eigenvalue weighted by molar-refractivity contribution is 0.0996. The van der Waals surface area contributed by atoms with E-state index in [1.807, 2.05) is 0 Å². The van der Waals surface area contributed by atoms with E-state index >= 15 is 0 Å². The van der Waals surface area contributed by atoms with Crippen molar-refractivity contribution in [2.24, 2.45) is 5.18 Å². The summed E-state index contributed by atoms with van der Waals surface area (Å²) in [6.45, 7) is 0.372. The fourth-order valence-electron chi connectivity index (χ4n) is 1.45. The van der Waals surface area contributed by atoms with Crippen LogP contribution in [0, 0.1) is 10.7 Å². The molecule has 86 valence electrons. The summed E-state index contributed by atoms with van der Waals surface area (Å²) < 4.78 is 14.5. The number of hydrogen-bond acceptors (Lipinski definition) is 3. The number of imidazole rings is 1. The van der Waals surface area contributed by atoms with E-state index in [1.54, 1.807) is 16.7 Å². The number of rotatable bonds is 3. The quantitative estimate of drug-likeness (QED) is 0.761. The smallest absolute Gasteiger partial charge is 0.332 e. The van der Waals surface area contributed by atoms with Gasteiger partial charge in [-0.1, -0.05) is 12.1 Å². The molecule has 0 radical (unpaired) electrons. The van der Waals surface area contributed by atoms with Gasteiger partial charge in [0.1, 0.15) is 5.82 Å². The molecule has 5 nitrogen and oxygen atoms in total.